The summed E-state index contributed by atoms with van der Waals surface area (Å²) in [6, 6.07) is 10.2. The smallest absolute Gasteiger partial charge is 0.277 e. The quantitative estimate of drug-likeness (QED) is 0.480. The standard InChI is InChI=1S/C18H14ClN3O5/c1-21-17(23)15(10-3-6-12(7-4-10)22(25)26)16(18(21)24)20-13-9-11(19)5-8-14(13)27-2/h3-9,20H,1-2H3. The Bertz CT molecular complexity index is 985. The van der Waals surface area contributed by atoms with Crippen LogP contribution in [0.25, 0.3) is 5.57 Å². The number of halogens is 1. The second-order valence-corrected chi connectivity index (χ2v) is 6.13. The average Bonchev–Trinajstić information content (AvgIpc) is 2.86. The number of rotatable bonds is 5. The van der Waals surface area contributed by atoms with Crippen molar-refractivity contribution in [3.05, 3.63) is 68.9 Å². The molecule has 0 atom stereocenters. The monoisotopic (exact) mass is 387 g/mol. The van der Waals surface area contributed by atoms with Gasteiger partial charge in [-0.25, -0.2) is 0 Å². The van der Waals surface area contributed by atoms with Crippen molar-refractivity contribution in [2.24, 2.45) is 0 Å². The van der Waals surface area contributed by atoms with Gasteiger partial charge in [-0.2, -0.15) is 0 Å². The molecule has 2 aromatic rings. The summed E-state index contributed by atoms with van der Waals surface area (Å²) < 4.78 is 5.25. The van der Waals surface area contributed by atoms with Gasteiger partial charge in [-0.05, 0) is 35.9 Å². The molecule has 0 fully saturated rings. The van der Waals surface area contributed by atoms with Crippen LogP contribution >= 0.6 is 11.6 Å². The van der Waals surface area contributed by atoms with Crippen molar-refractivity contribution in [2.45, 2.75) is 0 Å². The Hall–Kier alpha value is -3.39. The maximum Gasteiger partial charge on any atom is 0.277 e. The molecule has 8 nitrogen and oxygen atoms in total. The number of nitrogens with zero attached hydrogens (tertiary/aromatic N) is 2. The zero-order chi connectivity index (χ0) is 19.7. The number of nitrogens with one attached hydrogen (secondary N) is 1. The molecule has 1 aliphatic rings. The first kappa shape index (κ1) is 18.4. The largest absolute Gasteiger partial charge is 0.495 e. The number of anilines is 1. The summed E-state index contributed by atoms with van der Waals surface area (Å²) in [5.41, 5.74) is 0.828. The number of hydrogen-bond acceptors (Lipinski definition) is 6. The van der Waals surface area contributed by atoms with Gasteiger partial charge >= 0.3 is 0 Å². The molecule has 1 aliphatic heterocycles. The minimum Gasteiger partial charge on any atom is -0.495 e. The van der Waals surface area contributed by atoms with Gasteiger partial charge in [0.25, 0.3) is 17.5 Å². The lowest BCUT2D eigenvalue weighted by molar-refractivity contribution is -0.384. The molecule has 0 radical (unpaired) electrons. The molecule has 0 bridgehead atoms. The first-order valence-electron chi connectivity index (χ1n) is 7.75. The first-order chi connectivity index (χ1) is 12.8. The molecular weight excluding hydrogens is 374 g/mol. The Morgan fingerprint density at radius 2 is 1.78 bits per heavy atom. The third-order valence-electron chi connectivity index (χ3n) is 4.07. The molecule has 0 saturated heterocycles. The summed E-state index contributed by atoms with van der Waals surface area (Å²) in [5.74, 6) is -0.613. The summed E-state index contributed by atoms with van der Waals surface area (Å²) in [5, 5.41) is 14.2. The second kappa shape index (κ2) is 7.08. The number of non-ortho nitro benzene ring substituents is 1. The Kier molecular flexibility index (Phi) is 4.83. The van der Waals surface area contributed by atoms with Crippen molar-refractivity contribution in [3.8, 4) is 5.75 Å². The Balaban J connectivity index is 2.10. The Morgan fingerprint density at radius 3 is 2.37 bits per heavy atom. The summed E-state index contributed by atoms with van der Waals surface area (Å²) in [6.45, 7) is 0. The van der Waals surface area contributed by atoms with Crippen LogP contribution in [-0.4, -0.2) is 35.8 Å². The fourth-order valence-corrected chi connectivity index (χ4v) is 2.86. The summed E-state index contributed by atoms with van der Waals surface area (Å²) in [6.07, 6.45) is 0. The predicted molar refractivity (Wildman–Crippen MR) is 99.4 cm³/mol. The highest BCUT2D eigenvalue weighted by molar-refractivity contribution is 6.36. The van der Waals surface area contributed by atoms with Gasteiger partial charge in [0, 0.05) is 24.2 Å². The number of likely N-dealkylation sites (N-methyl/N-ethyl adjacent to an activating group) is 1. The van der Waals surface area contributed by atoms with E-state index < -0.39 is 16.7 Å². The van der Waals surface area contributed by atoms with E-state index in [2.05, 4.69) is 5.32 Å². The topological polar surface area (TPSA) is 102 Å². The number of imide groups is 1. The number of carbonyl (C=O) groups is 2. The van der Waals surface area contributed by atoms with E-state index in [-0.39, 0.29) is 17.0 Å². The highest BCUT2D eigenvalue weighted by Gasteiger charge is 2.37. The van der Waals surface area contributed by atoms with Crippen LogP contribution in [0.1, 0.15) is 5.56 Å². The minimum absolute atomic E-state index is 0.0388. The van der Waals surface area contributed by atoms with Gasteiger partial charge in [-0.15, -0.1) is 0 Å². The van der Waals surface area contributed by atoms with Gasteiger partial charge < -0.3 is 10.1 Å². The van der Waals surface area contributed by atoms with Crippen molar-refractivity contribution in [1.29, 1.82) is 0 Å². The second-order valence-electron chi connectivity index (χ2n) is 5.69. The van der Waals surface area contributed by atoms with Crippen LogP contribution in [0, 0.1) is 10.1 Å². The average molecular weight is 388 g/mol. The van der Waals surface area contributed by atoms with E-state index in [9.17, 15) is 19.7 Å². The molecule has 1 N–H and O–H groups in total. The molecule has 0 unspecified atom stereocenters. The number of carbonyl (C=O) groups excluding carboxylic acids is 2. The molecule has 0 aromatic heterocycles. The van der Waals surface area contributed by atoms with E-state index in [0.29, 0.717) is 22.0 Å². The zero-order valence-corrected chi connectivity index (χ0v) is 15.1. The van der Waals surface area contributed by atoms with Crippen LogP contribution in [0.2, 0.25) is 5.02 Å². The number of nitro benzene ring substituents is 1. The maximum absolute atomic E-state index is 12.6. The third-order valence-corrected chi connectivity index (χ3v) is 4.31. The van der Waals surface area contributed by atoms with Crippen LogP contribution in [0.5, 0.6) is 5.75 Å². The third kappa shape index (κ3) is 3.34. The number of ether oxygens (including phenoxy) is 1. The minimum atomic E-state index is -0.540. The fraction of sp³-hybridized carbons (Fsp3) is 0.111. The van der Waals surface area contributed by atoms with Crippen molar-refractivity contribution in [3.63, 3.8) is 0 Å². The van der Waals surface area contributed by atoms with Gasteiger partial charge in [0.1, 0.15) is 11.4 Å². The highest BCUT2D eigenvalue weighted by atomic mass is 35.5. The first-order valence-corrected chi connectivity index (χ1v) is 8.13. The lowest BCUT2D eigenvalue weighted by atomic mass is 10.0. The van der Waals surface area contributed by atoms with Crippen LogP contribution in [0.3, 0.4) is 0 Å². The van der Waals surface area contributed by atoms with Crippen LogP contribution < -0.4 is 10.1 Å². The number of methoxy groups -OCH3 is 1. The molecule has 2 aromatic carbocycles. The molecule has 2 amide bonds. The summed E-state index contributed by atoms with van der Waals surface area (Å²) >= 11 is 6.02. The number of nitro groups is 1. The molecule has 9 heteroatoms. The highest BCUT2D eigenvalue weighted by Crippen LogP contribution is 2.34. The number of hydrogen-bond donors (Lipinski definition) is 1. The van der Waals surface area contributed by atoms with Gasteiger partial charge in [-0.1, -0.05) is 11.6 Å². The lowest BCUT2D eigenvalue weighted by Gasteiger charge is -2.13. The number of benzene rings is 2. The molecule has 3 rings (SSSR count). The zero-order valence-electron chi connectivity index (χ0n) is 14.4. The summed E-state index contributed by atoms with van der Waals surface area (Å²) in [4.78, 5) is 36.4. The van der Waals surface area contributed by atoms with Gasteiger partial charge in [0.2, 0.25) is 0 Å². The molecule has 27 heavy (non-hydrogen) atoms. The van der Waals surface area contributed by atoms with E-state index in [4.69, 9.17) is 16.3 Å². The molecule has 0 saturated carbocycles. The van der Waals surface area contributed by atoms with E-state index in [1.807, 2.05) is 0 Å². The molecule has 138 valence electrons. The van der Waals surface area contributed by atoms with Crippen molar-refractivity contribution >= 4 is 40.4 Å². The number of amides is 2. The van der Waals surface area contributed by atoms with E-state index in [1.165, 1.54) is 38.4 Å². The lowest BCUT2D eigenvalue weighted by Crippen LogP contribution is -2.27. The fourth-order valence-electron chi connectivity index (χ4n) is 2.69. The molecule has 0 spiro atoms. The normalized spacial score (nSPS) is 14.0. The van der Waals surface area contributed by atoms with Gasteiger partial charge in [0.15, 0.2) is 0 Å². The predicted octanol–water partition coefficient (Wildman–Crippen LogP) is 3.08. The van der Waals surface area contributed by atoms with Crippen molar-refractivity contribution in [1.82, 2.24) is 4.90 Å². The molecular formula is C18H14ClN3O5. The van der Waals surface area contributed by atoms with E-state index in [1.54, 1.807) is 18.2 Å². The van der Waals surface area contributed by atoms with Gasteiger partial charge in [0.05, 0.1) is 23.3 Å². The molecule has 1 heterocycles. The van der Waals surface area contributed by atoms with Crippen LogP contribution in [0.4, 0.5) is 11.4 Å². The summed E-state index contributed by atoms with van der Waals surface area (Å²) in [7, 11) is 2.83. The van der Waals surface area contributed by atoms with E-state index in [0.717, 1.165) is 4.90 Å². The maximum atomic E-state index is 12.6. The van der Waals surface area contributed by atoms with Gasteiger partial charge in [-0.3, -0.25) is 24.6 Å². The van der Waals surface area contributed by atoms with E-state index >= 15 is 0 Å². The van der Waals surface area contributed by atoms with Crippen molar-refractivity contribution in [2.75, 3.05) is 19.5 Å². The Labute approximate surface area is 159 Å². The van der Waals surface area contributed by atoms with Crippen LogP contribution in [0.15, 0.2) is 48.2 Å². The molecule has 0 aliphatic carbocycles. The SMILES string of the molecule is COc1ccc(Cl)cc1NC1=C(c2ccc([N+](=O)[O-])cc2)C(=O)N(C)C1=O. The van der Waals surface area contributed by atoms with Crippen molar-refractivity contribution < 1.29 is 19.2 Å². The Morgan fingerprint density at radius 1 is 1.11 bits per heavy atom. The van der Waals surface area contributed by atoms with Crippen LogP contribution in [-0.2, 0) is 9.59 Å².